The van der Waals surface area contributed by atoms with Crippen LogP contribution in [0.1, 0.15) is 30.4 Å². The number of hydrogen-bond acceptors (Lipinski definition) is 1. The summed E-state index contributed by atoms with van der Waals surface area (Å²) in [5.41, 5.74) is 2.88. The molecule has 0 radical (unpaired) electrons. The lowest BCUT2D eigenvalue weighted by Gasteiger charge is -2.19. The van der Waals surface area contributed by atoms with Crippen LogP contribution in [-0.4, -0.2) is 13.6 Å². The van der Waals surface area contributed by atoms with Gasteiger partial charge in [-0.1, -0.05) is 36.2 Å². The fraction of sp³-hybridized carbons (Fsp3) is 0.600. The van der Waals surface area contributed by atoms with E-state index in [4.69, 9.17) is 0 Å². The summed E-state index contributed by atoms with van der Waals surface area (Å²) in [7, 11) is 2.07. The third kappa shape index (κ3) is 2.85. The van der Waals surface area contributed by atoms with Gasteiger partial charge < -0.3 is 5.32 Å². The first-order valence-corrected chi connectivity index (χ1v) is 6.49. The molecular formula is C15H23N. The second-order valence-corrected chi connectivity index (χ2v) is 5.20. The minimum absolute atomic E-state index is 0.895. The van der Waals surface area contributed by atoms with Crippen LogP contribution >= 0.6 is 0 Å². The lowest BCUT2D eigenvalue weighted by Crippen LogP contribution is -2.23. The maximum atomic E-state index is 3.33. The lowest BCUT2D eigenvalue weighted by molar-refractivity contribution is 0.374. The van der Waals surface area contributed by atoms with Gasteiger partial charge in [0.1, 0.15) is 0 Å². The molecule has 0 aromatic heterocycles. The zero-order valence-electron chi connectivity index (χ0n) is 10.5. The highest BCUT2D eigenvalue weighted by Gasteiger charge is 2.26. The molecule has 0 saturated heterocycles. The molecule has 1 aromatic carbocycles. The molecule has 0 heterocycles. The average molecular weight is 217 g/mol. The van der Waals surface area contributed by atoms with Crippen LogP contribution in [0.25, 0.3) is 0 Å². The third-order valence-electron chi connectivity index (χ3n) is 3.90. The van der Waals surface area contributed by atoms with Gasteiger partial charge in [0.15, 0.2) is 0 Å². The van der Waals surface area contributed by atoms with E-state index in [1.807, 2.05) is 0 Å². The Kier molecular flexibility index (Phi) is 4.00. The summed E-state index contributed by atoms with van der Waals surface area (Å²) in [4.78, 5) is 0. The van der Waals surface area contributed by atoms with E-state index in [1.165, 1.54) is 43.4 Å². The van der Waals surface area contributed by atoms with E-state index in [-0.39, 0.29) is 0 Å². The molecule has 0 bridgehead atoms. The van der Waals surface area contributed by atoms with E-state index in [2.05, 4.69) is 43.6 Å². The first kappa shape index (κ1) is 11.7. The van der Waals surface area contributed by atoms with Crippen molar-refractivity contribution in [1.82, 2.24) is 5.32 Å². The van der Waals surface area contributed by atoms with Crippen LogP contribution in [0.4, 0.5) is 0 Å². The number of rotatable bonds is 4. The molecule has 88 valence electrons. The van der Waals surface area contributed by atoms with Crippen LogP contribution in [0.15, 0.2) is 24.3 Å². The SMILES string of the molecule is CNCC1CCCC1Cc1ccc(C)cc1. The number of aryl methyl sites for hydroxylation is 1. The van der Waals surface area contributed by atoms with Crippen LogP contribution in [0.2, 0.25) is 0 Å². The highest BCUT2D eigenvalue weighted by Crippen LogP contribution is 2.33. The van der Waals surface area contributed by atoms with Gasteiger partial charge in [-0.15, -0.1) is 0 Å². The molecule has 1 N–H and O–H groups in total. The van der Waals surface area contributed by atoms with Crippen LogP contribution in [0.5, 0.6) is 0 Å². The van der Waals surface area contributed by atoms with Gasteiger partial charge in [-0.2, -0.15) is 0 Å². The largest absolute Gasteiger partial charge is 0.319 e. The van der Waals surface area contributed by atoms with E-state index in [1.54, 1.807) is 0 Å². The van der Waals surface area contributed by atoms with Gasteiger partial charge in [-0.3, -0.25) is 0 Å². The Morgan fingerprint density at radius 1 is 1.12 bits per heavy atom. The molecule has 1 aliphatic rings. The summed E-state index contributed by atoms with van der Waals surface area (Å²) in [6.45, 7) is 3.35. The monoisotopic (exact) mass is 217 g/mol. The Hall–Kier alpha value is -0.820. The number of hydrogen-bond donors (Lipinski definition) is 1. The van der Waals surface area contributed by atoms with Crippen molar-refractivity contribution in [3.63, 3.8) is 0 Å². The Morgan fingerprint density at radius 2 is 1.81 bits per heavy atom. The summed E-state index contributed by atoms with van der Waals surface area (Å²) >= 11 is 0. The van der Waals surface area contributed by atoms with Gasteiger partial charge in [0.05, 0.1) is 0 Å². The van der Waals surface area contributed by atoms with E-state index in [9.17, 15) is 0 Å². The highest BCUT2D eigenvalue weighted by atomic mass is 14.8. The third-order valence-corrected chi connectivity index (χ3v) is 3.90. The normalized spacial score (nSPS) is 24.9. The van der Waals surface area contributed by atoms with Crippen molar-refractivity contribution in [3.8, 4) is 0 Å². The molecule has 2 rings (SSSR count). The minimum atomic E-state index is 0.895. The van der Waals surface area contributed by atoms with Crippen molar-refractivity contribution in [2.24, 2.45) is 11.8 Å². The standard InChI is InChI=1S/C15H23N/c1-12-6-8-13(9-7-12)10-14-4-3-5-15(14)11-16-2/h6-9,14-16H,3-5,10-11H2,1-2H3. The Balaban J connectivity index is 1.95. The van der Waals surface area contributed by atoms with Crippen LogP contribution in [-0.2, 0) is 6.42 Å². The average Bonchev–Trinajstić information content (AvgIpc) is 2.70. The van der Waals surface area contributed by atoms with Gasteiger partial charge in [0.25, 0.3) is 0 Å². The van der Waals surface area contributed by atoms with Gasteiger partial charge >= 0.3 is 0 Å². The van der Waals surface area contributed by atoms with Gasteiger partial charge in [0.2, 0.25) is 0 Å². The zero-order valence-corrected chi connectivity index (χ0v) is 10.5. The summed E-state index contributed by atoms with van der Waals surface area (Å²) in [6, 6.07) is 9.06. The second kappa shape index (κ2) is 5.49. The van der Waals surface area contributed by atoms with Crippen molar-refractivity contribution in [2.75, 3.05) is 13.6 Å². The Morgan fingerprint density at radius 3 is 2.50 bits per heavy atom. The summed E-state index contributed by atoms with van der Waals surface area (Å²) < 4.78 is 0. The van der Waals surface area contributed by atoms with Crippen LogP contribution in [0.3, 0.4) is 0 Å². The van der Waals surface area contributed by atoms with Gasteiger partial charge in [0, 0.05) is 0 Å². The molecule has 2 unspecified atom stereocenters. The maximum absolute atomic E-state index is 3.33. The molecule has 1 heteroatoms. The lowest BCUT2D eigenvalue weighted by atomic mass is 9.89. The highest BCUT2D eigenvalue weighted by molar-refractivity contribution is 5.21. The predicted molar refractivity (Wildman–Crippen MR) is 69.6 cm³/mol. The fourth-order valence-electron chi connectivity index (χ4n) is 2.94. The summed E-state index contributed by atoms with van der Waals surface area (Å²) in [5, 5.41) is 3.33. The fourth-order valence-corrected chi connectivity index (χ4v) is 2.94. The molecule has 1 fully saturated rings. The topological polar surface area (TPSA) is 12.0 Å². The van der Waals surface area contributed by atoms with Crippen molar-refractivity contribution in [1.29, 1.82) is 0 Å². The van der Waals surface area contributed by atoms with Gasteiger partial charge in [-0.25, -0.2) is 0 Å². The molecule has 1 aliphatic carbocycles. The van der Waals surface area contributed by atoms with E-state index in [0.717, 1.165) is 11.8 Å². The second-order valence-electron chi connectivity index (χ2n) is 5.20. The Labute approximate surface area is 99.3 Å². The Bertz CT molecular complexity index is 315. The van der Waals surface area contributed by atoms with Gasteiger partial charge in [-0.05, 0) is 57.2 Å². The van der Waals surface area contributed by atoms with Crippen molar-refractivity contribution in [3.05, 3.63) is 35.4 Å². The van der Waals surface area contributed by atoms with Crippen molar-refractivity contribution < 1.29 is 0 Å². The number of nitrogens with one attached hydrogen (secondary N) is 1. The first-order chi connectivity index (χ1) is 7.79. The van der Waals surface area contributed by atoms with Crippen LogP contribution in [0, 0.1) is 18.8 Å². The molecule has 0 aliphatic heterocycles. The van der Waals surface area contributed by atoms with Crippen molar-refractivity contribution >= 4 is 0 Å². The maximum Gasteiger partial charge on any atom is -0.00208 e. The predicted octanol–water partition coefficient (Wildman–Crippen LogP) is 3.17. The van der Waals surface area contributed by atoms with E-state index in [0.29, 0.717) is 0 Å². The van der Waals surface area contributed by atoms with E-state index >= 15 is 0 Å². The minimum Gasteiger partial charge on any atom is -0.319 e. The smallest absolute Gasteiger partial charge is 0.00208 e. The molecule has 16 heavy (non-hydrogen) atoms. The molecule has 0 amide bonds. The molecule has 2 atom stereocenters. The van der Waals surface area contributed by atoms with Crippen molar-refractivity contribution in [2.45, 2.75) is 32.6 Å². The summed E-state index contributed by atoms with van der Waals surface area (Å²) in [5.74, 6) is 1.79. The summed E-state index contributed by atoms with van der Waals surface area (Å²) in [6.07, 6.45) is 5.52. The molecular weight excluding hydrogens is 194 g/mol. The number of benzene rings is 1. The molecule has 1 aromatic rings. The first-order valence-electron chi connectivity index (χ1n) is 6.49. The van der Waals surface area contributed by atoms with Crippen LogP contribution < -0.4 is 5.32 Å². The molecule has 1 nitrogen and oxygen atoms in total. The molecule has 0 spiro atoms. The zero-order chi connectivity index (χ0) is 11.4. The molecule has 1 saturated carbocycles. The van der Waals surface area contributed by atoms with E-state index < -0.39 is 0 Å². The quantitative estimate of drug-likeness (QED) is 0.817.